The fourth-order valence-electron chi connectivity index (χ4n) is 4.77. The molecule has 0 bridgehead atoms. The number of rotatable bonds is 5. The number of benzene rings is 1. The monoisotopic (exact) mass is 366 g/mol. The number of carbonyl (C=O) groups is 1. The van der Waals surface area contributed by atoms with Crippen molar-refractivity contribution in [3.8, 4) is 0 Å². The molecule has 1 saturated carbocycles. The van der Waals surface area contributed by atoms with Crippen LogP contribution in [0.3, 0.4) is 0 Å². The first-order valence-electron chi connectivity index (χ1n) is 10.2. The summed E-state index contributed by atoms with van der Waals surface area (Å²) >= 11 is 0. The van der Waals surface area contributed by atoms with Gasteiger partial charge in [-0.25, -0.2) is 0 Å². The van der Waals surface area contributed by atoms with E-state index in [2.05, 4.69) is 29.0 Å². The van der Waals surface area contributed by atoms with E-state index in [1.165, 1.54) is 31.3 Å². The van der Waals surface area contributed by atoms with E-state index in [9.17, 15) is 4.79 Å². The molecule has 2 aliphatic heterocycles. The average Bonchev–Trinajstić information content (AvgIpc) is 3.17. The van der Waals surface area contributed by atoms with Crippen LogP contribution in [0.25, 0.3) is 5.57 Å². The maximum absolute atomic E-state index is 12.7. The molecule has 1 fully saturated rings. The van der Waals surface area contributed by atoms with Gasteiger partial charge in [-0.2, -0.15) is 0 Å². The van der Waals surface area contributed by atoms with E-state index in [0.717, 1.165) is 42.0 Å². The zero-order chi connectivity index (χ0) is 19.0. The Kier molecular flexibility index (Phi) is 4.96. The predicted octanol–water partition coefficient (Wildman–Crippen LogP) is 3.33. The van der Waals surface area contributed by atoms with Gasteiger partial charge in [0.1, 0.15) is 0 Å². The maximum Gasteiger partial charge on any atom is 0.256 e. The number of allylic oxidation sites excluding steroid dienone is 1. The Morgan fingerprint density at radius 1 is 1.30 bits per heavy atom. The lowest BCUT2D eigenvalue weighted by Crippen LogP contribution is -2.31. The second-order valence-corrected chi connectivity index (χ2v) is 7.92. The lowest BCUT2D eigenvalue weighted by Gasteiger charge is -2.27. The molecule has 1 aromatic rings. The Morgan fingerprint density at radius 3 is 2.93 bits per heavy atom. The van der Waals surface area contributed by atoms with Gasteiger partial charge < -0.3 is 21.7 Å². The summed E-state index contributed by atoms with van der Waals surface area (Å²) < 4.78 is 0. The molecular formula is C22H30N4O. The van der Waals surface area contributed by atoms with Gasteiger partial charge in [0.05, 0.1) is 11.3 Å². The van der Waals surface area contributed by atoms with Gasteiger partial charge in [0, 0.05) is 28.9 Å². The van der Waals surface area contributed by atoms with Crippen molar-refractivity contribution in [3.63, 3.8) is 0 Å². The molecule has 3 aliphatic rings. The summed E-state index contributed by atoms with van der Waals surface area (Å²) in [6.07, 6.45) is 8.12. The van der Waals surface area contributed by atoms with Crippen molar-refractivity contribution in [2.45, 2.75) is 52.0 Å². The van der Waals surface area contributed by atoms with Gasteiger partial charge in [-0.15, -0.1) is 0 Å². The van der Waals surface area contributed by atoms with Crippen molar-refractivity contribution in [2.24, 2.45) is 5.92 Å². The first-order valence-corrected chi connectivity index (χ1v) is 10.2. The zero-order valence-electron chi connectivity index (χ0n) is 16.3. The van der Waals surface area contributed by atoms with Crippen LogP contribution >= 0.6 is 0 Å². The number of aryl methyl sites for hydroxylation is 1. The normalized spacial score (nSPS) is 25.4. The molecule has 144 valence electrons. The first kappa shape index (κ1) is 18.1. The Morgan fingerprint density at radius 2 is 2.11 bits per heavy atom. The third kappa shape index (κ3) is 3.25. The van der Waals surface area contributed by atoms with Gasteiger partial charge >= 0.3 is 0 Å². The third-order valence-electron chi connectivity index (χ3n) is 6.24. The highest BCUT2D eigenvalue weighted by atomic mass is 16.2. The van der Waals surface area contributed by atoms with Crippen LogP contribution in [0, 0.1) is 12.8 Å². The summed E-state index contributed by atoms with van der Waals surface area (Å²) in [5, 5.41) is 10.2. The van der Waals surface area contributed by atoms with Crippen molar-refractivity contribution in [1.82, 2.24) is 10.6 Å². The summed E-state index contributed by atoms with van der Waals surface area (Å²) in [7, 11) is 0. The highest BCUT2D eigenvalue weighted by Crippen LogP contribution is 2.42. The second-order valence-electron chi connectivity index (χ2n) is 7.92. The van der Waals surface area contributed by atoms with Crippen molar-refractivity contribution in [3.05, 3.63) is 40.6 Å². The van der Waals surface area contributed by atoms with Crippen LogP contribution in [0.2, 0.25) is 0 Å². The molecule has 2 atom stereocenters. The molecule has 5 N–H and O–H groups in total. The first-order chi connectivity index (χ1) is 13.1. The van der Waals surface area contributed by atoms with Crippen LogP contribution in [-0.4, -0.2) is 25.0 Å². The average molecular weight is 367 g/mol. The molecule has 5 nitrogen and oxygen atoms in total. The minimum atomic E-state index is -0.0579. The molecule has 1 amide bonds. The summed E-state index contributed by atoms with van der Waals surface area (Å²) in [5.41, 5.74) is 13.0. The van der Waals surface area contributed by atoms with Gasteiger partial charge in [-0.05, 0) is 62.6 Å². The molecule has 5 heteroatoms. The molecule has 2 unspecified atom stereocenters. The van der Waals surface area contributed by atoms with E-state index in [1.54, 1.807) is 0 Å². The van der Waals surface area contributed by atoms with Gasteiger partial charge in [-0.1, -0.05) is 25.8 Å². The Hall–Kier alpha value is -2.27. The summed E-state index contributed by atoms with van der Waals surface area (Å²) in [5.74, 6) is 0.542. The number of nitrogens with two attached hydrogens (primary N) is 1. The SMILES string of the molecule is CCNCCC1=C(/C=C2\C(=O)Nc3ccc(C)c(N)c32)NC2CCCCC12. The summed E-state index contributed by atoms with van der Waals surface area (Å²) in [6, 6.07) is 4.42. The Balaban J connectivity index is 1.73. The number of nitrogen functional groups attached to an aromatic ring is 1. The lowest BCUT2D eigenvalue weighted by molar-refractivity contribution is -0.110. The quantitative estimate of drug-likeness (QED) is 0.366. The minimum absolute atomic E-state index is 0.0579. The lowest BCUT2D eigenvalue weighted by atomic mass is 9.81. The van der Waals surface area contributed by atoms with Crippen LogP contribution < -0.4 is 21.7 Å². The Bertz CT molecular complexity index is 824. The van der Waals surface area contributed by atoms with Gasteiger partial charge in [0.25, 0.3) is 5.91 Å². The summed E-state index contributed by atoms with van der Waals surface area (Å²) in [6.45, 7) is 6.09. The molecule has 27 heavy (non-hydrogen) atoms. The third-order valence-corrected chi connectivity index (χ3v) is 6.24. The van der Waals surface area contributed by atoms with Crippen LogP contribution in [0.5, 0.6) is 0 Å². The smallest absolute Gasteiger partial charge is 0.256 e. The van der Waals surface area contributed by atoms with Crippen molar-refractivity contribution in [2.75, 3.05) is 24.1 Å². The highest BCUT2D eigenvalue weighted by molar-refractivity contribution is 6.33. The number of fused-ring (bicyclic) bond motifs is 2. The van der Waals surface area contributed by atoms with E-state index >= 15 is 0 Å². The predicted molar refractivity (Wildman–Crippen MR) is 111 cm³/mol. The van der Waals surface area contributed by atoms with E-state index in [0.29, 0.717) is 23.2 Å². The fraction of sp³-hybridized carbons (Fsp3) is 0.500. The molecule has 2 heterocycles. The van der Waals surface area contributed by atoms with E-state index in [4.69, 9.17) is 5.73 Å². The molecular weight excluding hydrogens is 336 g/mol. The summed E-state index contributed by atoms with van der Waals surface area (Å²) in [4.78, 5) is 12.7. The topological polar surface area (TPSA) is 79.2 Å². The molecule has 0 aromatic heterocycles. The van der Waals surface area contributed by atoms with Gasteiger partial charge in [0.2, 0.25) is 0 Å². The molecule has 1 aromatic carbocycles. The number of anilines is 2. The standard InChI is InChI=1S/C22H30N4O/c1-3-24-11-10-15-14-6-4-5-7-17(14)25-19(15)12-16-20-18(26-22(16)27)9-8-13(2)21(20)23/h8-9,12,14,17,24-25H,3-7,10-11,23H2,1-2H3,(H,26,27)/b16-12-. The molecule has 1 aliphatic carbocycles. The molecule has 0 saturated heterocycles. The van der Waals surface area contributed by atoms with Gasteiger partial charge in [-0.3, -0.25) is 4.79 Å². The molecule has 0 spiro atoms. The van der Waals surface area contributed by atoms with E-state index in [-0.39, 0.29) is 5.91 Å². The number of amides is 1. The van der Waals surface area contributed by atoms with Gasteiger partial charge in [0.15, 0.2) is 0 Å². The minimum Gasteiger partial charge on any atom is -0.398 e. The Labute approximate surface area is 161 Å². The number of hydrogen-bond donors (Lipinski definition) is 4. The second kappa shape index (κ2) is 7.39. The maximum atomic E-state index is 12.7. The van der Waals surface area contributed by atoms with Crippen molar-refractivity contribution < 1.29 is 4.79 Å². The molecule has 0 radical (unpaired) electrons. The fourth-order valence-corrected chi connectivity index (χ4v) is 4.77. The number of hydrogen-bond acceptors (Lipinski definition) is 4. The largest absolute Gasteiger partial charge is 0.398 e. The highest BCUT2D eigenvalue weighted by Gasteiger charge is 2.36. The van der Waals surface area contributed by atoms with Crippen LogP contribution in [-0.2, 0) is 4.79 Å². The van der Waals surface area contributed by atoms with Crippen molar-refractivity contribution >= 4 is 22.9 Å². The molecule has 4 rings (SSSR count). The van der Waals surface area contributed by atoms with Crippen LogP contribution in [0.4, 0.5) is 11.4 Å². The zero-order valence-corrected chi connectivity index (χ0v) is 16.3. The van der Waals surface area contributed by atoms with Crippen LogP contribution in [0.15, 0.2) is 29.5 Å². The van der Waals surface area contributed by atoms with E-state index < -0.39 is 0 Å². The number of nitrogens with one attached hydrogen (secondary N) is 3. The van der Waals surface area contributed by atoms with Crippen LogP contribution in [0.1, 0.15) is 50.2 Å². The van der Waals surface area contributed by atoms with E-state index in [1.807, 2.05) is 19.1 Å². The number of carbonyl (C=O) groups excluding carboxylic acids is 1. The van der Waals surface area contributed by atoms with Crippen molar-refractivity contribution in [1.29, 1.82) is 0 Å².